The number of anilines is 2. The molecule has 1 amide bonds. The number of benzene rings is 2. The van der Waals surface area contributed by atoms with Crippen LogP contribution in [0.25, 0.3) is 0 Å². The average Bonchev–Trinajstić information content (AvgIpc) is 2.70. The van der Waals surface area contributed by atoms with E-state index in [1.807, 2.05) is 24.3 Å². The van der Waals surface area contributed by atoms with Crippen molar-refractivity contribution in [3.8, 4) is 0 Å². The lowest BCUT2D eigenvalue weighted by Gasteiger charge is -2.19. The highest BCUT2D eigenvalue weighted by atomic mass is 16.5. The first kappa shape index (κ1) is 21.9. The lowest BCUT2D eigenvalue weighted by Crippen LogP contribution is -2.22. The van der Waals surface area contributed by atoms with Crippen LogP contribution in [0.2, 0.25) is 0 Å². The van der Waals surface area contributed by atoms with Gasteiger partial charge in [0.15, 0.2) is 0 Å². The van der Waals surface area contributed by atoms with Gasteiger partial charge >= 0.3 is 11.9 Å². The van der Waals surface area contributed by atoms with E-state index in [4.69, 9.17) is 9.47 Å². The van der Waals surface area contributed by atoms with E-state index in [0.717, 1.165) is 0 Å². The normalized spacial score (nSPS) is 10.8. The number of nitrogens with one attached hydrogen (secondary N) is 2. The van der Waals surface area contributed by atoms with Gasteiger partial charge in [-0.2, -0.15) is 0 Å². The number of amides is 1. The first-order chi connectivity index (χ1) is 13.6. The first-order valence-corrected chi connectivity index (χ1v) is 9.10. The van der Waals surface area contributed by atoms with Gasteiger partial charge in [-0.15, -0.1) is 0 Å². The number of carbonyl (C=O) groups is 3. The second-order valence-electron chi connectivity index (χ2n) is 7.51. The van der Waals surface area contributed by atoms with E-state index in [1.54, 1.807) is 0 Å². The molecule has 154 valence electrons. The van der Waals surface area contributed by atoms with Crippen LogP contribution in [0, 0.1) is 0 Å². The Morgan fingerprint density at radius 3 is 1.79 bits per heavy atom. The molecule has 29 heavy (non-hydrogen) atoms. The van der Waals surface area contributed by atoms with Crippen molar-refractivity contribution in [2.45, 2.75) is 26.2 Å². The Bertz CT molecular complexity index is 864. The lowest BCUT2D eigenvalue weighted by atomic mass is 9.87. The molecule has 0 bridgehead atoms. The van der Waals surface area contributed by atoms with Crippen molar-refractivity contribution >= 4 is 29.2 Å². The minimum atomic E-state index is -0.595. The topological polar surface area (TPSA) is 93.7 Å². The molecule has 2 rings (SSSR count). The molecule has 0 aromatic heterocycles. The van der Waals surface area contributed by atoms with E-state index in [-0.39, 0.29) is 29.0 Å². The largest absolute Gasteiger partial charge is 0.465 e. The second-order valence-corrected chi connectivity index (χ2v) is 7.51. The summed E-state index contributed by atoms with van der Waals surface area (Å²) in [6.45, 7) is 6.31. The van der Waals surface area contributed by atoms with Crippen LogP contribution >= 0.6 is 0 Å². The third-order valence-electron chi connectivity index (χ3n) is 4.26. The molecule has 0 unspecified atom stereocenters. The maximum absolute atomic E-state index is 12.3. The Balaban J connectivity index is 2.07. The molecule has 0 aliphatic rings. The molecule has 7 nitrogen and oxygen atoms in total. The van der Waals surface area contributed by atoms with Crippen LogP contribution in [0.15, 0.2) is 42.5 Å². The van der Waals surface area contributed by atoms with Gasteiger partial charge in [0, 0.05) is 11.4 Å². The predicted octanol–water partition coefficient (Wildman–Crippen LogP) is 3.61. The number of carbonyl (C=O) groups excluding carboxylic acids is 3. The molecule has 0 saturated heterocycles. The van der Waals surface area contributed by atoms with E-state index < -0.39 is 11.9 Å². The van der Waals surface area contributed by atoms with Gasteiger partial charge in [-0.05, 0) is 41.3 Å². The molecule has 0 fully saturated rings. The Kier molecular flexibility index (Phi) is 6.98. The highest BCUT2D eigenvalue weighted by Crippen LogP contribution is 2.23. The van der Waals surface area contributed by atoms with Crippen LogP contribution in [-0.4, -0.2) is 38.6 Å². The quantitative estimate of drug-likeness (QED) is 0.722. The zero-order valence-corrected chi connectivity index (χ0v) is 17.3. The number of methoxy groups -OCH3 is 2. The van der Waals surface area contributed by atoms with Gasteiger partial charge in [-0.1, -0.05) is 32.9 Å². The van der Waals surface area contributed by atoms with Crippen molar-refractivity contribution in [3.05, 3.63) is 59.2 Å². The van der Waals surface area contributed by atoms with Crippen LogP contribution in [-0.2, 0) is 19.7 Å². The fourth-order valence-corrected chi connectivity index (χ4v) is 2.64. The Labute approximate surface area is 170 Å². The maximum Gasteiger partial charge on any atom is 0.337 e. The SMILES string of the molecule is COC(=O)c1cc(NCC(=O)Nc2ccc(C(C)(C)C)cc2)cc(C(=O)OC)c1. The van der Waals surface area contributed by atoms with Crippen molar-refractivity contribution in [1.82, 2.24) is 0 Å². The number of rotatable bonds is 6. The molecule has 0 atom stereocenters. The maximum atomic E-state index is 12.3. The summed E-state index contributed by atoms with van der Waals surface area (Å²) in [5.74, 6) is -1.46. The minimum Gasteiger partial charge on any atom is -0.465 e. The van der Waals surface area contributed by atoms with Gasteiger partial charge in [-0.3, -0.25) is 4.79 Å². The van der Waals surface area contributed by atoms with E-state index in [1.165, 1.54) is 38.0 Å². The van der Waals surface area contributed by atoms with Gasteiger partial charge in [0.2, 0.25) is 5.91 Å². The zero-order valence-electron chi connectivity index (χ0n) is 17.3. The van der Waals surface area contributed by atoms with Crippen LogP contribution in [0.5, 0.6) is 0 Å². The molecule has 0 aliphatic heterocycles. The van der Waals surface area contributed by atoms with E-state index >= 15 is 0 Å². The van der Waals surface area contributed by atoms with E-state index in [0.29, 0.717) is 11.4 Å². The summed E-state index contributed by atoms with van der Waals surface area (Å²) in [6.07, 6.45) is 0. The summed E-state index contributed by atoms with van der Waals surface area (Å²) in [5, 5.41) is 5.71. The van der Waals surface area contributed by atoms with Gasteiger partial charge in [0.25, 0.3) is 0 Å². The van der Waals surface area contributed by atoms with Crippen LogP contribution in [0.1, 0.15) is 47.1 Å². The molecule has 7 heteroatoms. The third-order valence-corrected chi connectivity index (χ3v) is 4.26. The molecule has 0 radical (unpaired) electrons. The highest BCUT2D eigenvalue weighted by molar-refractivity contribution is 5.98. The fourth-order valence-electron chi connectivity index (χ4n) is 2.64. The molecule has 2 N–H and O–H groups in total. The van der Waals surface area contributed by atoms with Crippen molar-refractivity contribution in [3.63, 3.8) is 0 Å². The van der Waals surface area contributed by atoms with Crippen molar-refractivity contribution in [2.75, 3.05) is 31.4 Å². The Hall–Kier alpha value is -3.35. The highest BCUT2D eigenvalue weighted by Gasteiger charge is 2.15. The second kappa shape index (κ2) is 9.23. The summed E-state index contributed by atoms with van der Waals surface area (Å²) in [6, 6.07) is 12.0. The minimum absolute atomic E-state index is 0.0338. The standard InChI is InChI=1S/C22H26N2O5/c1-22(2,3)16-6-8-17(9-7-16)24-19(25)13-23-18-11-14(20(26)28-4)10-15(12-18)21(27)29-5/h6-12,23H,13H2,1-5H3,(H,24,25). The molecular weight excluding hydrogens is 372 g/mol. The number of hydrogen-bond donors (Lipinski definition) is 2. The van der Waals surface area contributed by atoms with Gasteiger partial charge in [-0.25, -0.2) is 9.59 Å². The summed E-state index contributed by atoms with van der Waals surface area (Å²) >= 11 is 0. The van der Waals surface area contributed by atoms with E-state index in [9.17, 15) is 14.4 Å². The number of esters is 2. The van der Waals surface area contributed by atoms with E-state index in [2.05, 4.69) is 31.4 Å². The monoisotopic (exact) mass is 398 g/mol. The summed E-state index contributed by atoms with van der Waals surface area (Å²) in [4.78, 5) is 35.9. The van der Waals surface area contributed by atoms with Gasteiger partial charge in [0.05, 0.1) is 31.9 Å². The number of hydrogen-bond acceptors (Lipinski definition) is 6. The van der Waals surface area contributed by atoms with Gasteiger partial charge in [0.1, 0.15) is 0 Å². The molecule has 0 aliphatic carbocycles. The lowest BCUT2D eigenvalue weighted by molar-refractivity contribution is -0.114. The van der Waals surface area contributed by atoms with Crippen molar-refractivity contribution in [2.24, 2.45) is 0 Å². The van der Waals surface area contributed by atoms with Crippen LogP contribution in [0.4, 0.5) is 11.4 Å². The van der Waals surface area contributed by atoms with Gasteiger partial charge < -0.3 is 20.1 Å². The van der Waals surface area contributed by atoms with Crippen LogP contribution < -0.4 is 10.6 Å². The summed E-state index contributed by atoms with van der Waals surface area (Å²) in [7, 11) is 2.50. The zero-order chi connectivity index (χ0) is 21.6. The van der Waals surface area contributed by atoms with Crippen molar-refractivity contribution < 1.29 is 23.9 Å². The fraction of sp³-hybridized carbons (Fsp3) is 0.318. The summed E-state index contributed by atoms with van der Waals surface area (Å²) < 4.78 is 9.40. The molecule has 2 aromatic rings. The van der Waals surface area contributed by atoms with Crippen LogP contribution in [0.3, 0.4) is 0 Å². The molecule has 0 saturated carbocycles. The first-order valence-electron chi connectivity index (χ1n) is 9.10. The number of ether oxygens (including phenoxy) is 2. The molecule has 2 aromatic carbocycles. The molecule has 0 heterocycles. The summed E-state index contributed by atoms with van der Waals surface area (Å²) in [5.41, 5.74) is 2.66. The predicted molar refractivity (Wildman–Crippen MR) is 111 cm³/mol. The Morgan fingerprint density at radius 1 is 0.828 bits per heavy atom. The third kappa shape index (κ3) is 6.07. The average molecular weight is 398 g/mol. The molecule has 0 spiro atoms. The van der Waals surface area contributed by atoms with Crippen molar-refractivity contribution in [1.29, 1.82) is 0 Å². The smallest absolute Gasteiger partial charge is 0.337 e. The molecular formula is C22H26N2O5. The Morgan fingerprint density at radius 2 is 1.34 bits per heavy atom.